The lowest BCUT2D eigenvalue weighted by Crippen LogP contribution is -2.26. The van der Waals surface area contributed by atoms with Gasteiger partial charge in [-0.3, -0.25) is 14.9 Å². The second-order valence-corrected chi connectivity index (χ2v) is 3.90. The zero-order valence-electron chi connectivity index (χ0n) is 8.77. The van der Waals surface area contributed by atoms with Crippen molar-refractivity contribution in [3.63, 3.8) is 0 Å². The fraction of sp³-hybridized carbons (Fsp3) is 0.300. The van der Waals surface area contributed by atoms with E-state index in [1.165, 1.54) is 0 Å². The molecule has 90 valence electrons. The van der Waals surface area contributed by atoms with Crippen LogP contribution in [0.1, 0.15) is 23.2 Å². The highest BCUT2D eigenvalue weighted by Gasteiger charge is 2.28. The van der Waals surface area contributed by atoms with Crippen molar-refractivity contribution >= 4 is 17.3 Å². The van der Waals surface area contributed by atoms with E-state index in [0.717, 1.165) is 18.9 Å². The number of nitrogens with two attached hydrogens (primary N) is 1. The Morgan fingerprint density at radius 2 is 2.18 bits per heavy atom. The van der Waals surface area contributed by atoms with Crippen molar-refractivity contribution in [2.24, 2.45) is 0 Å². The van der Waals surface area contributed by atoms with E-state index in [0.29, 0.717) is 6.07 Å². The molecule has 1 fully saturated rings. The summed E-state index contributed by atoms with van der Waals surface area (Å²) >= 11 is 0. The Kier molecular flexibility index (Phi) is 2.66. The van der Waals surface area contributed by atoms with Gasteiger partial charge in [0.1, 0.15) is 5.56 Å². The number of hydrogen-bond acceptors (Lipinski definition) is 4. The van der Waals surface area contributed by atoms with Crippen LogP contribution in [0.25, 0.3) is 0 Å². The topological polar surface area (TPSA) is 98.3 Å². The van der Waals surface area contributed by atoms with Gasteiger partial charge in [0, 0.05) is 6.04 Å². The molecule has 17 heavy (non-hydrogen) atoms. The Morgan fingerprint density at radius 1 is 1.53 bits per heavy atom. The molecule has 1 aliphatic carbocycles. The van der Waals surface area contributed by atoms with Crippen LogP contribution in [0.2, 0.25) is 0 Å². The summed E-state index contributed by atoms with van der Waals surface area (Å²) in [5.41, 5.74) is 4.23. The Morgan fingerprint density at radius 3 is 2.71 bits per heavy atom. The summed E-state index contributed by atoms with van der Waals surface area (Å²) in [6, 6.07) is 1.72. The standard InChI is InChI=1S/C10H10FN3O3/c11-7-4-9(14(16)17)6(3-8(7)12)10(15)13-5-1-2-5/h3-5H,1-2,12H2,(H,13,15). The average molecular weight is 239 g/mol. The van der Waals surface area contributed by atoms with Gasteiger partial charge in [-0.05, 0) is 18.9 Å². The second-order valence-electron chi connectivity index (χ2n) is 3.90. The molecule has 1 amide bonds. The van der Waals surface area contributed by atoms with Crippen LogP contribution in [0.3, 0.4) is 0 Å². The van der Waals surface area contributed by atoms with Gasteiger partial charge < -0.3 is 11.1 Å². The van der Waals surface area contributed by atoms with Crippen LogP contribution in [0.4, 0.5) is 15.8 Å². The first-order chi connectivity index (χ1) is 7.99. The lowest BCUT2D eigenvalue weighted by atomic mass is 10.1. The summed E-state index contributed by atoms with van der Waals surface area (Å²) in [5.74, 6) is -1.49. The Labute approximate surface area is 95.8 Å². The Hall–Kier alpha value is -2.18. The molecular weight excluding hydrogens is 229 g/mol. The molecule has 0 aromatic heterocycles. The molecule has 1 aliphatic rings. The highest BCUT2D eigenvalue weighted by Crippen LogP contribution is 2.26. The number of benzene rings is 1. The van der Waals surface area contributed by atoms with Crippen molar-refractivity contribution < 1.29 is 14.1 Å². The van der Waals surface area contributed by atoms with E-state index < -0.39 is 22.3 Å². The van der Waals surface area contributed by atoms with E-state index in [2.05, 4.69) is 5.32 Å². The lowest BCUT2D eigenvalue weighted by molar-refractivity contribution is -0.385. The van der Waals surface area contributed by atoms with Gasteiger partial charge in [-0.2, -0.15) is 0 Å². The number of nitrogen functional groups attached to an aromatic ring is 1. The van der Waals surface area contributed by atoms with Gasteiger partial charge in [0.25, 0.3) is 11.6 Å². The molecule has 0 spiro atoms. The van der Waals surface area contributed by atoms with Crippen LogP contribution < -0.4 is 11.1 Å². The number of nitro groups is 1. The normalized spacial score (nSPS) is 14.4. The van der Waals surface area contributed by atoms with Gasteiger partial charge in [-0.25, -0.2) is 4.39 Å². The van der Waals surface area contributed by atoms with Gasteiger partial charge in [-0.1, -0.05) is 0 Å². The molecule has 3 N–H and O–H groups in total. The number of carbonyl (C=O) groups excluding carboxylic acids is 1. The zero-order valence-corrected chi connectivity index (χ0v) is 8.77. The van der Waals surface area contributed by atoms with Crippen molar-refractivity contribution in [3.05, 3.63) is 33.6 Å². The molecule has 0 saturated heterocycles. The molecule has 6 nitrogen and oxygen atoms in total. The molecule has 0 radical (unpaired) electrons. The monoisotopic (exact) mass is 239 g/mol. The average Bonchev–Trinajstić information content (AvgIpc) is 3.04. The number of rotatable bonds is 3. The summed E-state index contributed by atoms with van der Waals surface area (Å²) in [4.78, 5) is 21.6. The van der Waals surface area contributed by atoms with Gasteiger partial charge in [0.05, 0.1) is 16.7 Å². The first-order valence-corrected chi connectivity index (χ1v) is 5.03. The zero-order chi connectivity index (χ0) is 12.6. The molecular formula is C10H10FN3O3. The molecule has 2 rings (SSSR count). The first kappa shape index (κ1) is 11.3. The van der Waals surface area contributed by atoms with Crippen molar-refractivity contribution in [1.29, 1.82) is 0 Å². The summed E-state index contributed by atoms with van der Waals surface area (Å²) in [6.45, 7) is 0. The number of hydrogen-bond donors (Lipinski definition) is 2. The molecule has 0 heterocycles. The van der Waals surface area contributed by atoms with E-state index >= 15 is 0 Å². The number of nitrogens with one attached hydrogen (secondary N) is 1. The predicted molar refractivity (Wildman–Crippen MR) is 58.0 cm³/mol. The third-order valence-electron chi connectivity index (χ3n) is 2.47. The third kappa shape index (κ3) is 2.32. The van der Waals surface area contributed by atoms with Gasteiger partial charge >= 0.3 is 0 Å². The fourth-order valence-electron chi connectivity index (χ4n) is 1.40. The quantitative estimate of drug-likeness (QED) is 0.470. The molecule has 1 saturated carbocycles. The molecule has 0 bridgehead atoms. The van der Waals surface area contributed by atoms with Crippen LogP contribution in [0.5, 0.6) is 0 Å². The van der Waals surface area contributed by atoms with Crippen molar-refractivity contribution in [3.8, 4) is 0 Å². The number of nitrogens with zero attached hydrogens (tertiary/aromatic N) is 1. The van der Waals surface area contributed by atoms with Gasteiger partial charge in [-0.15, -0.1) is 0 Å². The first-order valence-electron chi connectivity index (χ1n) is 5.03. The number of anilines is 1. The van der Waals surface area contributed by atoms with Crippen LogP contribution in [-0.2, 0) is 0 Å². The number of nitro benzene ring substituents is 1. The maximum Gasteiger partial charge on any atom is 0.285 e. The summed E-state index contributed by atoms with van der Waals surface area (Å²) in [5, 5.41) is 13.3. The number of carbonyl (C=O) groups is 1. The van der Waals surface area contributed by atoms with Crippen LogP contribution in [-0.4, -0.2) is 16.9 Å². The smallest absolute Gasteiger partial charge is 0.285 e. The number of amides is 1. The van der Waals surface area contributed by atoms with Crippen LogP contribution in [0.15, 0.2) is 12.1 Å². The van der Waals surface area contributed by atoms with Crippen molar-refractivity contribution in [2.75, 3.05) is 5.73 Å². The highest BCUT2D eigenvalue weighted by molar-refractivity contribution is 5.99. The summed E-state index contributed by atoms with van der Waals surface area (Å²) in [6.07, 6.45) is 1.71. The predicted octanol–water partition coefficient (Wildman–Crippen LogP) is 1.21. The van der Waals surface area contributed by atoms with E-state index in [9.17, 15) is 19.3 Å². The lowest BCUT2D eigenvalue weighted by Gasteiger charge is -2.05. The number of halogens is 1. The van der Waals surface area contributed by atoms with E-state index in [4.69, 9.17) is 5.73 Å². The van der Waals surface area contributed by atoms with E-state index in [-0.39, 0.29) is 17.3 Å². The van der Waals surface area contributed by atoms with E-state index in [1.807, 2.05) is 0 Å². The highest BCUT2D eigenvalue weighted by atomic mass is 19.1. The maximum absolute atomic E-state index is 13.1. The van der Waals surface area contributed by atoms with Gasteiger partial charge in [0.15, 0.2) is 5.82 Å². The fourth-order valence-corrected chi connectivity index (χ4v) is 1.40. The molecule has 1 aromatic rings. The van der Waals surface area contributed by atoms with Crippen molar-refractivity contribution in [1.82, 2.24) is 5.32 Å². The molecule has 1 aromatic carbocycles. The summed E-state index contributed by atoms with van der Waals surface area (Å²) < 4.78 is 13.1. The van der Waals surface area contributed by atoms with Crippen LogP contribution >= 0.6 is 0 Å². The third-order valence-corrected chi connectivity index (χ3v) is 2.47. The minimum absolute atomic E-state index is 0.0633. The molecule has 0 unspecified atom stereocenters. The minimum Gasteiger partial charge on any atom is -0.396 e. The summed E-state index contributed by atoms with van der Waals surface area (Å²) in [7, 11) is 0. The SMILES string of the molecule is Nc1cc(C(=O)NC2CC2)c([N+](=O)[O-])cc1F. The molecule has 0 aliphatic heterocycles. The Balaban J connectivity index is 2.38. The minimum atomic E-state index is -0.903. The Bertz CT molecular complexity index is 500. The van der Waals surface area contributed by atoms with Crippen LogP contribution in [0, 0.1) is 15.9 Å². The van der Waals surface area contributed by atoms with Crippen molar-refractivity contribution in [2.45, 2.75) is 18.9 Å². The van der Waals surface area contributed by atoms with E-state index in [1.54, 1.807) is 0 Å². The van der Waals surface area contributed by atoms with Gasteiger partial charge in [0.2, 0.25) is 0 Å². The molecule has 7 heteroatoms. The largest absolute Gasteiger partial charge is 0.396 e. The maximum atomic E-state index is 13.1. The molecule has 0 atom stereocenters. The second kappa shape index (κ2) is 4.00.